The molecule has 0 saturated carbocycles. The van der Waals surface area contributed by atoms with E-state index < -0.39 is 6.03 Å². The summed E-state index contributed by atoms with van der Waals surface area (Å²) in [5, 5.41) is 4.71. The van der Waals surface area contributed by atoms with E-state index in [9.17, 15) is 9.59 Å². The Morgan fingerprint density at radius 1 is 1.32 bits per heavy atom. The van der Waals surface area contributed by atoms with Crippen molar-refractivity contribution < 1.29 is 14.3 Å². The molecule has 0 unspecified atom stereocenters. The molecule has 0 aliphatic carbocycles. The van der Waals surface area contributed by atoms with Crippen LogP contribution in [-0.4, -0.2) is 50.1 Å². The number of rotatable bonds is 8. The van der Waals surface area contributed by atoms with Crippen molar-refractivity contribution in [3.8, 4) is 5.75 Å². The number of imide groups is 1. The van der Waals surface area contributed by atoms with Gasteiger partial charge in [-0.15, -0.1) is 6.58 Å². The number of aryl methyl sites for hydroxylation is 1. The van der Waals surface area contributed by atoms with Gasteiger partial charge in [-0.1, -0.05) is 23.8 Å². The minimum atomic E-state index is -0.519. The fourth-order valence-corrected chi connectivity index (χ4v) is 1.65. The molecule has 1 rings (SSSR count). The summed E-state index contributed by atoms with van der Waals surface area (Å²) in [7, 11) is 1.79. The topological polar surface area (TPSA) is 70.7 Å². The zero-order valence-electron chi connectivity index (χ0n) is 13.1. The van der Waals surface area contributed by atoms with Crippen LogP contribution in [0.2, 0.25) is 0 Å². The Hall–Kier alpha value is -2.34. The second kappa shape index (κ2) is 9.57. The lowest BCUT2D eigenvalue weighted by atomic mass is 10.2. The molecule has 0 heterocycles. The van der Waals surface area contributed by atoms with E-state index in [-0.39, 0.29) is 12.5 Å². The average molecular weight is 305 g/mol. The van der Waals surface area contributed by atoms with Gasteiger partial charge in [-0.2, -0.15) is 0 Å². The number of nitrogens with zero attached hydrogens (tertiary/aromatic N) is 1. The van der Waals surface area contributed by atoms with Crippen molar-refractivity contribution in [1.29, 1.82) is 0 Å². The van der Waals surface area contributed by atoms with Crippen molar-refractivity contribution in [2.75, 3.05) is 33.3 Å². The van der Waals surface area contributed by atoms with Gasteiger partial charge in [0, 0.05) is 13.1 Å². The Balaban J connectivity index is 2.20. The highest BCUT2D eigenvalue weighted by atomic mass is 16.5. The largest absolute Gasteiger partial charge is 0.492 e. The third-order valence-electron chi connectivity index (χ3n) is 2.84. The van der Waals surface area contributed by atoms with E-state index >= 15 is 0 Å². The Kier molecular flexibility index (Phi) is 7.70. The van der Waals surface area contributed by atoms with Gasteiger partial charge in [0.1, 0.15) is 12.4 Å². The van der Waals surface area contributed by atoms with Gasteiger partial charge in [-0.3, -0.25) is 15.0 Å². The summed E-state index contributed by atoms with van der Waals surface area (Å²) in [4.78, 5) is 24.7. The summed E-state index contributed by atoms with van der Waals surface area (Å²) in [6.45, 7) is 6.98. The minimum Gasteiger partial charge on any atom is -0.492 e. The number of amides is 3. The number of ether oxygens (including phenoxy) is 1. The molecule has 120 valence electrons. The molecule has 6 heteroatoms. The monoisotopic (exact) mass is 305 g/mol. The van der Waals surface area contributed by atoms with E-state index in [2.05, 4.69) is 17.2 Å². The summed E-state index contributed by atoms with van der Waals surface area (Å²) in [6, 6.07) is 7.26. The van der Waals surface area contributed by atoms with Crippen LogP contribution in [0.3, 0.4) is 0 Å². The number of carbonyl (C=O) groups excluding carboxylic acids is 2. The predicted octanol–water partition coefficient (Wildman–Crippen LogP) is 1.32. The summed E-state index contributed by atoms with van der Waals surface area (Å²) >= 11 is 0. The average Bonchev–Trinajstić information content (AvgIpc) is 2.47. The van der Waals surface area contributed by atoms with Crippen LogP contribution < -0.4 is 15.4 Å². The maximum atomic E-state index is 11.6. The predicted molar refractivity (Wildman–Crippen MR) is 85.9 cm³/mol. The van der Waals surface area contributed by atoms with Crippen molar-refractivity contribution in [2.24, 2.45) is 0 Å². The molecule has 2 N–H and O–H groups in total. The van der Waals surface area contributed by atoms with Crippen LogP contribution in [0.15, 0.2) is 36.9 Å². The van der Waals surface area contributed by atoms with E-state index in [0.717, 1.165) is 5.75 Å². The molecule has 0 aliphatic rings. The molecule has 0 radical (unpaired) electrons. The fraction of sp³-hybridized carbons (Fsp3) is 0.375. The molecule has 0 bridgehead atoms. The highest BCUT2D eigenvalue weighted by Crippen LogP contribution is 2.10. The first kappa shape index (κ1) is 17.7. The first-order chi connectivity index (χ1) is 10.5. The zero-order chi connectivity index (χ0) is 16.4. The number of benzene rings is 1. The molecule has 0 atom stereocenters. The summed E-state index contributed by atoms with van der Waals surface area (Å²) < 4.78 is 5.58. The zero-order valence-corrected chi connectivity index (χ0v) is 13.1. The van der Waals surface area contributed by atoms with Gasteiger partial charge in [0.15, 0.2) is 0 Å². The third kappa shape index (κ3) is 7.44. The molecule has 0 aliphatic heterocycles. The van der Waals surface area contributed by atoms with Crippen molar-refractivity contribution in [3.63, 3.8) is 0 Å². The van der Waals surface area contributed by atoms with Crippen LogP contribution in [0.5, 0.6) is 5.75 Å². The number of hydrogen-bond donors (Lipinski definition) is 2. The number of urea groups is 1. The fourth-order valence-electron chi connectivity index (χ4n) is 1.65. The van der Waals surface area contributed by atoms with E-state index in [4.69, 9.17) is 4.74 Å². The summed E-state index contributed by atoms with van der Waals surface area (Å²) in [6.07, 6.45) is 1.54. The molecular weight excluding hydrogens is 282 g/mol. The number of nitrogens with one attached hydrogen (secondary N) is 2. The Bertz CT molecular complexity index is 500. The van der Waals surface area contributed by atoms with Gasteiger partial charge in [-0.05, 0) is 26.1 Å². The number of carbonyl (C=O) groups is 2. The maximum Gasteiger partial charge on any atom is 0.321 e. The van der Waals surface area contributed by atoms with Crippen molar-refractivity contribution >= 4 is 11.9 Å². The van der Waals surface area contributed by atoms with E-state index in [1.165, 1.54) is 5.56 Å². The second-order valence-electron chi connectivity index (χ2n) is 4.95. The van der Waals surface area contributed by atoms with Crippen molar-refractivity contribution in [2.45, 2.75) is 6.92 Å². The Morgan fingerprint density at radius 3 is 2.64 bits per heavy atom. The molecule has 3 amide bonds. The van der Waals surface area contributed by atoms with E-state index in [0.29, 0.717) is 19.7 Å². The molecular formula is C16H23N3O3. The first-order valence-electron chi connectivity index (χ1n) is 7.08. The highest BCUT2D eigenvalue weighted by molar-refractivity contribution is 5.95. The van der Waals surface area contributed by atoms with Gasteiger partial charge >= 0.3 is 6.03 Å². The normalized spacial score (nSPS) is 10.1. The van der Waals surface area contributed by atoms with E-state index in [1.54, 1.807) is 18.0 Å². The van der Waals surface area contributed by atoms with Crippen molar-refractivity contribution in [3.05, 3.63) is 42.5 Å². The van der Waals surface area contributed by atoms with Crippen LogP contribution in [-0.2, 0) is 4.79 Å². The van der Waals surface area contributed by atoms with Gasteiger partial charge in [0.2, 0.25) is 5.91 Å². The Labute approximate surface area is 131 Å². The SMILES string of the molecule is C=CCNC(=O)NC(=O)CN(C)CCOc1ccc(C)cc1. The van der Waals surface area contributed by atoms with Crippen LogP contribution in [0.1, 0.15) is 5.56 Å². The highest BCUT2D eigenvalue weighted by Gasteiger charge is 2.09. The van der Waals surface area contributed by atoms with Gasteiger partial charge in [-0.25, -0.2) is 4.79 Å². The standard InChI is InChI=1S/C16H23N3O3/c1-4-9-17-16(21)18-15(20)12-19(3)10-11-22-14-7-5-13(2)6-8-14/h4-8H,1,9-12H2,2-3H3,(H2,17,18,20,21). The molecule has 6 nitrogen and oxygen atoms in total. The van der Waals surface area contributed by atoms with Crippen LogP contribution in [0.4, 0.5) is 4.79 Å². The number of hydrogen-bond acceptors (Lipinski definition) is 4. The van der Waals surface area contributed by atoms with E-state index in [1.807, 2.05) is 31.2 Å². The smallest absolute Gasteiger partial charge is 0.321 e. The molecule has 1 aromatic carbocycles. The van der Waals surface area contributed by atoms with Crippen LogP contribution >= 0.6 is 0 Å². The lowest BCUT2D eigenvalue weighted by Crippen LogP contribution is -2.44. The van der Waals surface area contributed by atoms with Gasteiger partial charge in [0.25, 0.3) is 0 Å². The lowest BCUT2D eigenvalue weighted by molar-refractivity contribution is -0.120. The molecule has 0 spiro atoms. The van der Waals surface area contributed by atoms with Crippen molar-refractivity contribution in [1.82, 2.24) is 15.5 Å². The first-order valence-corrected chi connectivity index (χ1v) is 7.08. The quantitative estimate of drug-likeness (QED) is 0.711. The molecule has 0 fully saturated rings. The number of likely N-dealkylation sites (N-methyl/N-ethyl adjacent to an activating group) is 1. The minimum absolute atomic E-state index is 0.124. The molecule has 1 aromatic rings. The molecule has 0 aromatic heterocycles. The molecule has 0 saturated heterocycles. The lowest BCUT2D eigenvalue weighted by Gasteiger charge is -2.16. The summed E-state index contributed by atoms with van der Waals surface area (Å²) in [5.41, 5.74) is 1.18. The van der Waals surface area contributed by atoms with Gasteiger partial charge in [0.05, 0.1) is 6.54 Å². The van der Waals surface area contributed by atoms with Gasteiger partial charge < -0.3 is 10.1 Å². The van der Waals surface area contributed by atoms with Crippen LogP contribution in [0.25, 0.3) is 0 Å². The maximum absolute atomic E-state index is 11.6. The molecule has 22 heavy (non-hydrogen) atoms. The van der Waals surface area contributed by atoms with Crippen LogP contribution in [0, 0.1) is 6.92 Å². The Morgan fingerprint density at radius 2 is 2.00 bits per heavy atom. The second-order valence-corrected chi connectivity index (χ2v) is 4.95. The third-order valence-corrected chi connectivity index (χ3v) is 2.84. The summed E-state index contributed by atoms with van der Waals surface area (Å²) in [5.74, 6) is 0.437.